The van der Waals surface area contributed by atoms with E-state index in [1.165, 1.54) is 5.56 Å². The van der Waals surface area contributed by atoms with Gasteiger partial charge in [-0.15, -0.1) is 0 Å². The first-order valence-electron chi connectivity index (χ1n) is 9.61. The Morgan fingerprint density at radius 1 is 0.926 bits per heavy atom. The number of nitrogens with zero attached hydrogens (tertiary/aromatic N) is 2. The molecule has 0 aromatic heterocycles. The van der Waals surface area contributed by atoms with Crippen molar-refractivity contribution in [3.63, 3.8) is 0 Å². The molecule has 0 saturated carbocycles. The van der Waals surface area contributed by atoms with Crippen molar-refractivity contribution in [2.45, 2.75) is 13.0 Å². The fourth-order valence-corrected chi connectivity index (χ4v) is 3.36. The topological polar surface area (TPSA) is 44.8 Å². The first-order chi connectivity index (χ1) is 13.2. The lowest BCUT2D eigenvalue weighted by atomic mass is 10.1. The summed E-state index contributed by atoms with van der Waals surface area (Å²) in [5.74, 6) is 0.883. The van der Waals surface area contributed by atoms with Crippen LogP contribution in [0.4, 0.5) is 0 Å². The van der Waals surface area contributed by atoms with E-state index in [0.29, 0.717) is 13.0 Å². The van der Waals surface area contributed by atoms with Gasteiger partial charge in [0.25, 0.3) is 0 Å². The third-order valence-corrected chi connectivity index (χ3v) is 4.99. The molecule has 0 bridgehead atoms. The van der Waals surface area contributed by atoms with E-state index in [1.54, 1.807) is 7.11 Å². The molecule has 1 saturated heterocycles. The van der Waals surface area contributed by atoms with E-state index in [1.807, 2.05) is 24.3 Å². The van der Waals surface area contributed by atoms with Crippen LogP contribution in [0, 0.1) is 0 Å². The van der Waals surface area contributed by atoms with Gasteiger partial charge >= 0.3 is 0 Å². The SMILES string of the molecule is COc1ccc(CC(=O)NCCN2CCN(Cc3ccccc3)CC2)cc1. The van der Waals surface area contributed by atoms with Gasteiger partial charge in [-0.1, -0.05) is 42.5 Å². The Morgan fingerprint density at radius 3 is 2.26 bits per heavy atom. The van der Waals surface area contributed by atoms with Gasteiger partial charge in [-0.2, -0.15) is 0 Å². The molecule has 144 valence electrons. The highest BCUT2D eigenvalue weighted by Gasteiger charge is 2.16. The summed E-state index contributed by atoms with van der Waals surface area (Å²) < 4.78 is 5.14. The van der Waals surface area contributed by atoms with Gasteiger partial charge in [0.1, 0.15) is 5.75 Å². The van der Waals surface area contributed by atoms with E-state index >= 15 is 0 Å². The second kappa shape index (κ2) is 10.1. The number of carbonyl (C=O) groups excluding carboxylic acids is 1. The van der Waals surface area contributed by atoms with Gasteiger partial charge in [-0.3, -0.25) is 14.6 Å². The Hall–Kier alpha value is -2.37. The third-order valence-electron chi connectivity index (χ3n) is 4.99. The van der Waals surface area contributed by atoms with Crippen LogP contribution in [0.3, 0.4) is 0 Å². The first kappa shape index (κ1) is 19.4. The van der Waals surface area contributed by atoms with E-state index in [2.05, 4.69) is 45.4 Å². The maximum atomic E-state index is 12.1. The maximum Gasteiger partial charge on any atom is 0.224 e. The monoisotopic (exact) mass is 367 g/mol. The van der Waals surface area contributed by atoms with Crippen molar-refractivity contribution in [3.8, 4) is 5.75 Å². The number of hydrogen-bond acceptors (Lipinski definition) is 4. The van der Waals surface area contributed by atoms with Crippen LogP contribution in [0.2, 0.25) is 0 Å². The number of piperazine rings is 1. The van der Waals surface area contributed by atoms with Crippen molar-refractivity contribution in [1.82, 2.24) is 15.1 Å². The molecule has 5 nitrogen and oxygen atoms in total. The number of hydrogen-bond donors (Lipinski definition) is 1. The zero-order chi connectivity index (χ0) is 18.9. The van der Waals surface area contributed by atoms with Crippen LogP contribution < -0.4 is 10.1 Å². The molecule has 27 heavy (non-hydrogen) atoms. The lowest BCUT2D eigenvalue weighted by molar-refractivity contribution is -0.120. The van der Waals surface area contributed by atoms with Crippen molar-refractivity contribution >= 4 is 5.91 Å². The summed E-state index contributed by atoms with van der Waals surface area (Å²) in [6, 6.07) is 18.3. The average molecular weight is 367 g/mol. The van der Waals surface area contributed by atoms with Crippen LogP contribution >= 0.6 is 0 Å². The van der Waals surface area contributed by atoms with Gasteiger partial charge < -0.3 is 10.1 Å². The Morgan fingerprint density at radius 2 is 1.59 bits per heavy atom. The highest BCUT2D eigenvalue weighted by Crippen LogP contribution is 2.11. The predicted octanol–water partition coefficient (Wildman–Crippen LogP) is 2.17. The highest BCUT2D eigenvalue weighted by atomic mass is 16.5. The predicted molar refractivity (Wildman–Crippen MR) is 108 cm³/mol. The molecular formula is C22H29N3O2. The van der Waals surface area contributed by atoms with Gasteiger partial charge in [0.2, 0.25) is 5.91 Å². The van der Waals surface area contributed by atoms with E-state index in [-0.39, 0.29) is 5.91 Å². The molecule has 0 unspecified atom stereocenters. The molecular weight excluding hydrogens is 338 g/mol. The zero-order valence-electron chi connectivity index (χ0n) is 16.1. The maximum absolute atomic E-state index is 12.1. The largest absolute Gasteiger partial charge is 0.497 e. The standard InChI is InChI=1S/C22H29N3O2/c1-27-21-9-7-19(8-10-21)17-22(26)23-11-12-24-13-15-25(16-14-24)18-20-5-3-2-4-6-20/h2-10H,11-18H2,1H3,(H,23,26). The van der Waals surface area contributed by atoms with Gasteiger partial charge in [-0.05, 0) is 23.3 Å². The van der Waals surface area contributed by atoms with Gasteiger partial charge in [-0.25, -0.2) is 0 Å². The summed E-state index contributed by atoms with van der Waals surface area (Å²) in [5, 5.41) is 3.03. The van der Waals surface area contributed by atoms with Crippen LogP contribution in [-0.4, -0.2) is 62.1 Å². The summed E-state index contributed by atoms with van der Waals surface area (Å²) in [6.07, 6.45) is 0.412. The number of benzene rings is 2. The highest BCUT2D eigenvalue weighted by molar-refractivity contribution is 5.78. The molecule has 0 radical (unpaired) electrons. The lowest BCUT2D eigenvalue weighted by Gasteiger charge is -2.34. The molecule has 0 spiro atoms. The minimum Gasteiger partial charge on any atom is -0.497 e. The molecule has 1 fully saturated rings. The second-order valence-electron chi connectivity index (χ2n) is 6.98. The van der Waals surface area contributed by atoms with E-state index in [0.717, 1.165) is 50.6 Å². The van der Waals surface area contributed by atoms with Crippen molar-refractivity contribution in [2.75, 3.05) is 46.4 Å². The fraction of sp³-hybridized carbons (Fsp3) is 0.409. The van der Waals surface area contributed by atoms with E-state index in [9.17, 15) is 4.79 Å². The quantitative estimate of drug-likeness (QED) is 0.777. The van der Waals surface area contributed by atoms with Crippen LogP contribution in [-0.2, 0) is 17.8 Å². The number of nitrogens with one attached hydrogen (secondary N) is 1. The Labute approximate surface area is 161 Å². The summed E-state index contributed by atoms with van der Waals surface area (Å²) in [7, 11) is 1.64. The summed E-state index contributed by atoms with van der Waals surface area (Å²) in [6.45, 7) is 6.90. The molecule has 1 N–H and O–H groups in total. The van der Waals surface area contributed by atoms with E-state index < -0.39 is 0 Å². The molecule has 3 rings (SSSR count). The smallest absolute Gasteiger partial charge is 0.224 e. The number of ether oxygens (including phenoxy) is 1. The molecule has 0 aliphatic carbocycles. The summed E-state index contributed by atoms with van der Waals surface area (Å²) >= 11 is 0. The molecule has 2 aromatic rings. The lowest BCUT2D eigenvalue weighted by Crippen LogP contribution is -2.48. The molecule has 5 heteroatoms. The molecule has 1 aliphatic rings. The Kier molecular flexibility index (Phi) is 7.25. The minimum atomic E-state index is 0.0721. The van der Waals surface area contributed by atoms with Crippen molar-refractivity contribution in [2.24, 2.45) is 0 Å². The molecule has 1 amide bonds. The van der Waals surface area contributed by atoms with Crippen molar-refractivity contribution < 1.29 is 9.53 Å². The summed E-state index contributed by atoms with van der Waals surface area (Å²) in [4.78, 5) is 17.0. The van der Waals surface area contributed by atoms with Crippen LogP contribution in [0.15, 0.2) is 54.6 Å². The van der Waals surface area contributed by atoms with Crippen molar-refractivity contribution in [1.29, 1.82) is 0 Å². The number of rotatable bonds is 8. The van der Waals surface area contributed by atoms with Crippen LogP contribution in [0.5, 0.6) is 5.75 Å². The average Bonchev–Trinajstić information content (AvgIpc) is 2.71. The fourth-order valence-electron chi connectivity index (χ4n) is 3.36. The first-order valence-corrected chi connectivity index (χ1v) is 9.61. The Balaban J connectivity index is 1.31. The number of methoxy groups -OCH3 is 1. The van der Waals surface area contributed by atoms with Gasteiger partial charge in [0.05, 0.1) is 13.5 Å². The minimum absolute atomic E-state index is 0.0721. The molecule has 0 atom stereocenters. The normalized spacial score (nSPS) is 15.4. The van der Waals surface area contributed by atoms with E-state index in [4.69, 9.17) is 4.74 Å². The molecule has 2 aromatic carbocycles. The zero-order valence-corrected chi connectivity index (χ0v) is 16.1. The number of amides is 1. The summed E-state index contributed by atoms with van der Waals surface area (Å²) in [5.41, 5.74) is 2.37. The molecule has 1 aliphatic heterocycles. The van der Waals surface area contributed by atoms with Gasteiger partial charge in [0, 0.05) is 45.8 Å². The molecule has 1 heterocycles. The third kappa shape index (κ3) is 6.38. The number of carbonyl (C=O) groups is 1. The second-order valence-corrected chi connectivity index (χ2v) is 6.98. The van der Waals surface area contributed by atoms with Crippen LogP contribution in [0.1, 0.15) is 11.1 Å². The van der Waals surface area contributed by atoms with Crippen molar-refractivity contribution in [3.05, 3.63) is 65.7 Å². The van der Waals surface area contributed by atoms with Gasteiger partial charge in [0.15, 0.2) is 0 Å². The Bertz CT molecular complexity index is 695. The van der Waals surface area contributed by atoms with Crippen LogP contribution in [0.25, 0.3) is 0 Å².